The Labute approximate surface area is 70.5 Å². The van der Waals surface area contributed by atoms with Gasteiger partial charge < -0.3 is 24.8 Å². The van der Waals surface area contributed by atoms with E-state index in [9.17, 15) is 10.2 Å². The largest absolute Gasteiger partial charge is 0.394 e. The minimum atomic E-state index is -1.07. The van der Waals surface area contributed by atoms with Gasteiger partial charge in [0.25, 0.3) is 0 Å². The smallest absolute Gasteiger partial charge is 0.186 e. The second-order valence-corrected chi connectivity index (χ2v) is 2.66. The normalized spacial score (nSPS) is 42.0. The number of hydrogen-bond acceptors (Lipinski definition) is 5. The van der Waals surface area contributed by atoms with Crippen LogP contribution in [-0.4, -0.2) is 53.1 Å². The molecular weight excluding hydrogens is 164 g/mol. The van der Waals surface area contributed by atoms with Crippen molar-refractivity contribution >= 4 is 0 Å². The third-order valence-electron chi connectivity index (χ3n) is 1.83. The van der Waals surface area contributed by atoms with E-state index >= 15 is 0 Å². The number of ether oxygens (including phenoxy) is 2. The molecule has 1 saturated heterocycles. The molecule has 0 unspecified atom stereocenters. The molecule has 1 aliphatic rings. The average Bonchev–Trinajstić information content (AvgIpc) is 2.33. The molecule has 12 heavy (non-hydrogen) atoms. The lowest BCUT2D eigenvalue weighted by Crippen LogP contribution is -2.34. The van der Waals surface area contributed by atoms with E-state index in [0.717, 1.165) is 0 Å². The summed E-state index contributed by atoms with van der Waals surface area (Å²) in [5.74, 6) is 0. The molecule has 5 heteroatoms. The lowest BCUT2D eigenvalue weighted by molar-refractivity contribution is -0.166. The van der Waals surface area contributed by atoms with Gasteiger partial charge >= 0.3 is 0 Å². The predicted octanol–water partition coefficient (Wildman–Crippen LogP) is -1.54. The molecule has 1 heterocycles. The molecule has 0 aliphatic carbocycles. The monoisotopic (exact) mass is 178 g/mol. The number of rotatable bonds is 3. The minimum Gasteiger partial charge on any atom is -0.394 e. The third-order valence-corrected chi connectivity index (χ3v) is 1.83. The Morgan fingerprint density at radius 3 is 2.42 bits per heavy atom. The summed E-state index contributed by atoms with van der Waals surface area (Å²) < 4.78 is 9.98. The molecule has 4 atom stereocenters. The zero-order valence-electron chi connectivity index (χ0n) is 6.88. The molecule has 0 saturated carbocycles. The Morgan fingerprint density at radius 1 is 1.33 bits per heavy atom. The van der Waals surface area contributed by atoms with Crippen molar-refractivity contribution in [3.63, 3.8) is 0 Å². The van der Waals surface area contributed by atoms with E-state index in [0.29, 0.717) is 6.61 Å². The van der Waals surface area contributed by atoms with Crippen molar-refractivity contribution in [2.24, 2.45) is 0 Å². The average molecular weight is 178 g/mol. The van der Waals surface area contributed by atoms with Crippen molar-refractivity contribution in [1.82, 2.24) is 0 Å². The molecular formula is C7H14O5. The lowest BCUT2D eigenvalue weighted by atomic mass is 10.1. The highest BCUT2D eigenvalue weighted by atomic mass is 16.7. The van der Waals surface area contributed by atoms with Crippen LogP contribution in [0.5, 0.6) is 0 Å². The topological polar surface area (TPSA) is 79.2 Å². The Kier molecular flexibility index (Phi) is 3.42. The van der Waals surface area contributed by atoms with Crippen LogP contribution < -0.4 is 0 Å². The first-order valence-electron chi connectivity index (χ1n) is 3.94. The van der Waals surface area contributed by atoms with Crippen molar-refractivity contribution < 1.29 is 24.8 Å². The second-order valence-electron chi connectivity index (χ2n) is 2.66. The van der Waals surface area contributed by atoms with E-state index in [1.807, 2.05) is 0 Å². The van der Waals surface area contributed by atoms with Crippen molar-refractivity contribution in [2.75, 3.05) is 13.2 Å². The summed E-state index contributed by atoms with van der Waals surface area (Å²) in [7, 11) is 0. The van der Waals surface area contributed by atoms with Crippen molar-refractivity contribution in [3.8, 4) is 0 Å². The van der Waals surface area contributed by atoms with E-state index in [1.165, 1.54) is 0 Å². The molecule has 0 aromatic carbocycles. The molecule has 3 N–H and O–H groups in total. The van der Waals surface area contributed by atoms with Gasteiger partial charge in [0.2, 0.25) is 0 Å². The van der Waals surface area contributed by atoms with Crippen LogP contribution in [0.3, 0.4) is 0 Å². The molecule has 0 radical (unpaired) electrons. The Morgan fingerprint density at radius 2 is 2.00 bits per heavy atom. The molecule has 0 bridgehead atoms. The molecule has 5 nitrogen and oxygen atoms in total. The highest BCUT2D eigenvalue weighted by Gasteiger charge is 2.42. The summed E-state index contributed by atoms with van der Waals surface area (Å²) in [6.07, 6.45) is -3.69. The van der Waals surface area contributed by atoms with Crippen molar-refractivity contribution in [2.45, 2.75) is 31.5 Å². The molecule has 1 aliphatic heterocycles. The first-order valence-corrected chi connectivity index (χ1v) is 3.94. The quantitative estimate of drug-likeness (QED) is 0.488. The second kappa shape index (κ2) is 4.15. The number of aliphatic hydroxyl groups is 3. The van der Waals surface area contributed by atoms with Gasteiger partial charge in [0.05, 0.1) is 6.61 Å². The Balaban J connectivity index is 2.48. The van der Waals surface area contributed by atoms with Gasteiger partial charge in [-0.25, -0.2) is 0 Å². The highest BCUT2D eigenvalue weighted by Crippen LogP contribution is 2.21. The maximum Gasteiger partial charge on any atom is 0.186 e. The SMILES string of the molecule is CCO[C@H]1O[C@H](CO)[C@H](O)[C@H]1O. The van der Waals surface area contributed by atoms with E-state index in [4.69, 9.17) is 14.6 Å². The van der Waals surface area contributed by atoms with Gasteiger partial charge in [0.1, 0.15) is 18.3 Å². The van der Waals surface area contributed by atoms with E-state index in [2.05, 4.69) is 0 Å². The summed E-state index contributed by atoms with van der Waals surface area (Å²) in [5, 5.41) is 27.2. The van der Waals surface area contributed by atoms with Gasteiger partial charge in [-0.05, 0) is 6.92 Å². The van der Waals surface area contributed by atoms with E-state index < -0.39 is 24.6 Å². The van der Waals surface area contributed by atoms with Crippen LogP contribution in [0.1, 0.15) is 6.92 Å². The van der Waals surface area contributed by atoms with Gasteiger partial charge in [-0.2, -0.15) is 0 Å². The summed E-state index contributed by atoms with van der Waals surface area (Å²) in [6, 6.07) is 0. The molecule has 1 fully saturated rings. The zero-order valence-corrected chi connectivity index (χ0v) is 6.88. The van der Waals surface area contributed by atoms with Crippen molar-refractivity contribution in [3.05, 3.63) is 0 Å². The van der Waals surface area contributed by atoms with Crippen LogP contribution in [0.4, 0.5) is 0 Å². The predicted molar refractivity (Wildman–Crippen MR) is 39.4 cm³/mol. The van der Waals surface area contributed by atoms with Crippen LogP contribution in [0.15, 0.2) is 0 Å². The summed E-state index contributed by atoms with van der Waals surface area (Å²) in [6.45, 7) is 1.84. The van der Waals surface area contributed by atoms with Crippen LogP contribution >= 0.6 is 0 Å². The minimum absolute atomic E-state index is 0.318. The third kappa shape index (κ3) is 1.75. The van der Waals surface area contributed by atoms with Crippen LogP contribution in [0.2, 0.25) is 0 Å². The molecule has 0 aromatic heterocycles. The van der Waals surface area contributed by atoms with Crippen LogP contribution in [0, 0.1) is 0 Å². The Hall–Kier alpha value is -0.200. The molecule has 0 aromatic rings. The Bertz CT molecular complexity index is 140. The highest BCUT2D eigenvalue weighted by molar-refractivity contribution is 4.85. The fourth-order valence-electron chi connectivity index (χ4n) is 1.17. The van der Waals surface area contributed by atoms with Gasteiger partial charge in [-0.3, -0.25) is 0 Å². The molecule has 1 rings (SSSR count). The molecule has 0 spiro atoms. The fraction of sp³-hybridized carbons (Fsp3) is 1.00. The first-order chi connectivity index (χ1) is 5.70. The van der Waals surface area contributed by atoms with Crippen LogP contribution in [-0.2, 0) is 9.47 Å². The van der Waals surface area contributed by atoms with E-state index in [1.54, 1.807) is 6.92 Å². The van der Waals surface area contributed by atoms with Crippen LogP contribution in [0.25, 0.3) is 0 Å². The lowest BCUT2D eigenvalue weighted by Gasteiger charge is -2.13. The van der Waals surface area contributed by atoms with Gasteiger partial charge in [-0.15, -0.1) is 0 Å². The van der Waals surface area contributed by atoms with Gasteiger partial charge in [0.15, 0.2) is 6.29 Å². The standard InChI is InChI=1S/C7H14O5/c1-2-11-7-6(10)5(9)4(3-8)12-7/h4-10H,2-3H2,1H3/t4-,5+,6-,7+/m1/s1. The van der Waals surface area contributed by atoms with Gasteiger partial charge in [0, 0.05) is 6.61 Å². The maximum absolute atomic E-state index is 9.28. The molecule has 0 amide bonds. The summed E-state index contributed by atoms with van der Waals surface area (Å²) in [4.78, 5) is 0. The maximum atomic E-state index is 9.28. The molecule has 72 valence electrons. The summed E-state index contributed by atoms with van der Waals surface area (Å²) in [5.41, 5.74) is 0. The fourth-order valence-corrected chi connectivity index (χ4v) is 1.17. The van der Waals surface area contributed by atoms with Gasteiger partial charge in [-0.1, -0.05) is 0 Å². The number of aliphatic hydroxyl groups excluding tert-OH is 3. The van der Waals surface area contributed by atoms with E-state index in [-0.39, 0.29) is 6.61 Å². The van der Waals surface area contributed by atoms with Crippen molar-refractivity contribution in [1.29, 1.82) is 0 Å². The summed E-state index contributed by atoms with van der Waals surface area (Å²) >= 11 is 0. The first kappa shape index (κ1) is 9.88. The number of hydrogen-bond donors (Lipinski definition) is 3. The zero-order chi connectivity index (χ0) is 9.14.